The van der Waals surface area contributed by atoms with Crippen molar-refractivity contribution in [2.45, 2.75) is 0 Å². The Balaban J connectivity index is 2.14. The van der Waals surface area contributed by atoms with Crippen LogP contribution in [0.3, 0.4) is 0 Å². The molecule has 2 heterocycles. The average Bonchev–Trinajstić information content (AvgIpc) is 2.59. The minimum atomic E-state index is 0.235. The molecule has 0 unspecified atom stereocenters. The Kier molecular flexibility index (Phi) is 3.53. The predicted molar refractivity (Wildman–Crippen MR) is 48.3 cm³/mol. The van der Waals surface area contributed by atoms with Gasteiger partial charge >= 0.3 is 95.0 Å². The maximum atomic E-state index is 2.47. The molecule has 2 aliphatic heterocycles. The molecule has 0 fully saturated rings. The van der Waals surface area contributed by atoms with E-state index in [4.69, 9.17) is 0 Å². The molecule has 0 atom stereocenters. The maximum absolute atomic E-state index is 2.47. The van der Waals surface area contributed by atoms with Crippen molar-refractivity contribution in [1.82, 2.24) is 0 Å². The molecule has 0 aromatic rings. The quantitative estimate of drug-likeness (QED) is 0.418. The molecule has 0 saturated heterocycles. The van der Waals surface area contributed by atoms with E-state index in [1.807, 2.05) is 5.04 Å². The van der Waals surface area contributed by atoms with Crippen LogP contribution in [0.2, 0.25) is 0 Å². The zero-order valence-electron chi connectivity index (χ0n) is 4.94. The molecule has 0 aromatic heterocycles. The predicted octanol–water partition coefficient (Wildman–Crippen LogP) is -0.101. The van der Waals surface area contributed by atoms with Crippen molar-refractivity contribution in [3.63, 3.8) is 0 Å². The Bertz CT molecular complexity index is 186. The molecule has 0 amide bonds. The monoisotopic (exact) mass is 496 g/mol. The summed E-state index contributed by atoms with van der Waals surface area (Å²) >= 11 is 2.10. The van der Waals surface area contributed by atoms with Crippen LogP contribution in [0.1, 0.15) is 0 Å². The van der Waals surface area contributed by atoms with E-state index in [1.54, 1.807) is 0 Å². The van der Waals surface area contributed by atoms with Gasteiger partial charge < -0.3 is 0 Å². The van der Waals surface area contributed by atoms with Crippen LogP contribution in [0.5, 0.6) is 0 Å². The summed E-state index contributed by atoms with van der Waals surface area (Å²) in [4.78, 5) is 4.86. The normalized spacial score (nSPS) is 30.4. The van der Waals surface area contributed by atoms with Gasteiger partial charge in [-0.2, -0.15) is 0 Å². The van der Waals surface area contributed by atoms with E-state index in [9.17, 15) is 0 Å². The number of hydrogen-bond acceptors (Lipinski definition) is 0. The van der Waals surface area contributed by atoms with Crippen molar-refractivity contribution in [3.8, 4) is 0 Å². The first-order valence-electron chi connectivity index (χ1n) is 2.68. The van der Waals surface area contributed by atoms with Gasteiger partial charge in [0.05, 0.1) is 0 Å². The molecule has 0 N–H and O–H groups in total. The van der Waals surface area contributed by atoms with Crippen LogP contribution in [-0.2, 0) is 0 Å². The molecule has 0 saturated carbocycles. The second-order valence-electron chi connectivity index (χ2n) is 1.59. The number of hydrogen-bond donors (Lipinski definition) is 0. The summed E-state index contributed by atoms with van der Waals surface area (Å²) in [7, 11) is 0. The van der Waals surface area contributed by atoms with Gasteiger partial charge in [0.15, 0.2) is 0 Å². The van der Waals surface area contributed by atoms with Gasteiger partial charge in [0.1, 0.15) is 0 Å². The van der Waals surface area contributed by atoms with Crippen LogP contribution in [0, 0.1) is 0 Å². The standard InChI is InChI=1S/C6H4Se2Te2/c1-3-9-5(7-1)6-8-2-4-10-6/h1-4H/b6-5+. The Morgan fingerprint density at radius 1 is 0.900 bits per heavy atom. The summed E-state index contributed by atoms with van der Waals surface area (Å²) in [6, 6.07) is 0. The fraction of sp³-hybridized carbons (Fsp3) is 0. The zero-order valence-corrected chi connectivity index (χ0v) is 13.0. The van der Waals surface area contributed by atoms with Gasteiger partial charge in [0, 0.05) is 0 Å². The molecular weight excluding hydrogens is 485 g/mol. The van der Waals surface area contributed by atoms with E-state index in [-0.39, 0.29) is 41.8 Å². The van der Waals surface area contributed by atoms with Gasteiger partial charge in [0.25, 0.3) is 0 Å². The summed E-state index contributed by atoms with van der Waals surface area (Å²) in [6.45, 7) is 0. The van der Waals surface area contributed by atoms with Gasteiger partial charge in [-0.05, 0) is 0 Å². The van der Waals surface area contributed by atoms with Gasteiger partial charge in [-0.1, -0.05) is 0 Å². The van der Waals surface area contributed by atoms with Gasteiger partial charge in [-0.25, -0.2) is 0 Å². The average molecular weight is 489 g/mol. The van der Waals surface area contributed by atoms with Crippen LogP contribution in [0.25, 0.3) is 0 Å². The summed E-state index contributed by atoms with van der Waals surface area (Å²) in [5.41, 5.74) is 0. The molecular formula is C6H4Se2Te2. The number of rotatable bonds is 0. The molecule has 0 bridgehead atoms. The first-order chi connectivity index (χ1) is 4.97. The Hall–Kier alpha value is 1.84. The molecule has 4 heteroatoms. The second kappa shape index (κ2) is 4.18. The molecule has 0 aliphatic carbocycles. The molecule has 52 valence electrons. The van der Waals surface area contributed by atoms with E-state index in [1.165, 1.54) is 0 Å². The van der Waals surface area contributed by atoms with Crippen molar-refractivity contribution < 1.29 is 0 Å². The van der Waals surface area contributed by atoms with Crippen LogP contribution >= 0.6 is 0 Å². The Morgan fingerprint density at radius 3 is 1.70 bits per heavy atom. The molecule has 0 nitrogen and oxygen atoms in total. The molecule has 0 aromatic carbocycles. The SMILES string of the molecule is C1=C[Te]/C(=C2\[Se]C=C[Te]2)[Se]1. The molecule has 2 rings (SSSR count). The third kappa shape index (κ3) is 1.95. The first-order valence-corrected chi connectivity index (χ1v) is 11.4. The van der Waals surface area contributed by atoms with Crippen molar-refractivity contribution in [3.05, 3.63) is 23.2 Å². The third-order valence-electron chi connectivity index (χ3n) is 0.978. The van der Waals surface area contributed by atoms with Crippen molar-refractivity contribution in [2.24, 2.45) is 0 Å². The van der Waals surface area contributed by atoms with Crippen LogP contribution in [-0.4, -0.2) is 71.8 Å². The van der Waals surface area contributed by atoms with E-state index in [0.717, 1.165) is 29.9 Å². The summed E-state index contributed by atoms with van der Waals surface area (Å²) in [5, 5.41) is 0. The van der Waals surface area contributed by atoms with E-state index >= 15 is 0 Å². The topological polar surface area (TPSA) is 0 Å². The molecule has 10 heavy (non-hydrogen) atoms. The van der Waals surface area contributed by atoms with Gasteiger partial charge in [0.2, 0.25) is 0 Å². The Labute approximate surface area is 93.5 Å². The summed E-state index contributed by atoms with van der Waals surface area (Å²) in [5.74, 6) is 0. The third-order valence-corrected chi connectivity index (χ3v) is 19.5. The second-order valence-corrected chi connectivity index (χ2v) is 14.3. The molecule has 0 spiro atoms. The van der Waals surface area contributed by atoms with Crippen molar-refractivity contribution >= 4 is 71.8 Å². The Morgan fingerprint density at radius 2 is 1.40 bits per heavy atom. The van der Waals surface area contributed by atoms with E-state index in [2.05, 4.69) is 18.2 Å². The zero-order chi connectivity index (χ0) is 6.81. The van der Waals surface area contributed by atoms with Crippen LogP contribution in [0.15, 0.2) is 23.2 Å². The minimum absolute atomic E-state index is 0.235. The first kappa shape index (κ1) is 8.44. The van der Waals surface area contributed by atoms with Gasteiger partial charge in [-0.3, -0.25) is 0 Å². The van der Waals surface area contributed by atoms with E-state index < -0.39 is 0 Å². The molecule has 2 aliphatic rings. The fourth-order valence-corrected chi connectivity index (χ4v) is 17.3. The summed E-state index contributed by atoms with van der Waals surface area (Å²) < 4.78 is 8.83. The van der Waals surface area contributed by atoms with Crippen LogP contribution < -0.4 is 0 Å². The van der Waals surface area contributed by atoms with E-state index in [0.29, 0.717) is 0 Å². The van der Waals surface area contributed by atoms with Crippen molar-refractivity contribution in [1.29, 1.82) is 0 Å². The van der Waals surface area contributed by atoms with Crippen molar-refractivity contribution in [2.75, 3.05) is 0 Å². The molecule has 0 radical (unpaired) electrons. The fourth-order valence-electron chi connectivity index (χ4n) is 0.606. The summed E-state index contributed by atoms with van der Waals surface area (Å²) in [6.07, 6.45) is 0. The van der Waals surface area contributed by atoms with Gasteiger partial charge in [-0.15, -0.1) is 0 Å². The van der Waals surface area contributed by atoms with Crippen LogP contribution in [0.4, 0.5) is 0 Å².